The topological polar surface area (TPSA) is 78.7 Å². The lowest BCUT2D eigenvalue weighted by Crippen LogP contribution is -2.19. The molecule has 2 aromatic heterocycles. The van der Waals surface area contributed by atoms with Gasteiger partial charge >= 0.3 is 0 Å². The molecule has 0 radical (unpaired) electrons. The van der Waals surface area contributed by atoms with Crippen LogP contribution in [0.4, 0.5) is 11.5 Å². The average molecular weight is 468 g/mol. The molecule has 1 atom stereocenters. The first-order valence-corrected chi connectivity index (χ1v) is 11.5. The van der Waals surface area contributed by atoms with Crippen molar-refractivity contribution in [2.75, 3.05) is 31.3 Å². The summed E-state index contributed by atoms with van der Waals surface area (Å²) in [7, 11) is 3.90. The number of nitrogens with one attached hydrogen (secondary N) is 2. The van der Waals surface area contributed by atoms with Crippen molar-refractivity contribution in [3.63, 3.8) is 0 Å². The number of likely N-dealkylation sites (N-methyl/N-ethyl adjacent to an activating group) is 1. The Balaban J connectivity index is 1.41. The van der Waals surface area contributed by atoms with E-state index < -0.39 is 0 Å². The van der Waals surface area contributed by atoms with Crippen molar-refractivity contribution in [1.29, 1.82) is 0 Å². The highest BCUT2D eigenvalue weighted by atomic mass is 16.2. The first kappa shape index (κ1) is 23.9. The lowest BCUT2D eigenvalue weighted by Gasteiger charge is -2.13. The van der Waals surface area contributed by atoms with Gasteiger partial charge in [-0.2, -0.15) is 5.10 Å². The minimum absolute atomic E-state index is 0.120. The number of amides is 2. The molecule has 178 valence electrons. The van der Waals surface area contributed by atoms with E-state index in [4.69, 9.17) is 0 Å². The zero-order valence-electron chi connectivity index (χ0n) is 20.1. The van der Waals surface area contributed by atoms with Crippen LogP contribution in [0.15, 0.2) is 91.1 Å². The standard InChI is InChI=1S/C28H29N5O2/c1-20(28(35)30-26-19-25-10-4-5-17-33(25)31-26)22-8-6-9-23(18-22)21-12-14-24(15-13-21)29-27(34)11-7-16-32(2)3/h4-15,17-20H,16H2,1-3H3,(H,29,34)(H,30,31,35)/b11-7+. The smallest absolute Gasteiger partial charge is 0.248 e. The number of hydrogen-bond donors (Lipinski definition) is 2. The SMILES string of the molecule is CC(C(=O)Nc1cc2ccccn2n1)c1cccc(-c2ccc(NC(=O)/C=C/CN(C)C)cc2)c1. The fourth-order valence-electron chi connectivity index (χ4n) is 3.67. The van der Waals surface area contributed by atoms with E-state index in [2.05, 4.69) is 15.7 Å². The molecule has 0 aliphatic rings. The summed E-state index contributed by atoms with van der Waals surface area (Å²) in [6, 6.07) is 23.2. The second-order valence-corrected chi connectivity index (χ2v) is 8.67. The highest BCUT2D eigenvalue weighted by molar-refractivity contribution is 5.99. The number of carbonyl (C=O) groups excluding carboxylic acids is 2. The quantitative estimate of drug-likeness (QED) is 0.365. The summed E-state index contributed by atoms with van der Waals surface area (Å²) in [6.45, 7) is 2.59. The lowest BCUT2D eigenvalue weighted by atomic mass is 9.95. The van der Waals surface area contributed by atoms with Gasteiger partial charge in [0.05, 0.1) is 11.4 Å². The summed E-state index contributed by atoms with van der Waals surface area (Å²) < 4.78 is 1.73. The Kier molecular flexibility index (Phi) is 7.38. The Hall–Kier alpha value is -4.23. The van der Waals surface area contributed by atoms with Crippen LogP contribution in [0.5, 0.6) is 0 Å². The van der Waals surface area contributed by atoms with Crippen LogP contribution >= 0.6 is 0 Å². The van der Waals surface area contributed by atoms with E-state index in [0.29, 0.717) is 12.4 Å². The number of carbonyl (C=O) groups is 2. The molecular formula is C28H29N5O2. The minimum Gasteiger partial charge on any atom is -0.323 e. The molecular weight excluding hydrogens is 438 g/mol. The van der Waals surface area contributed by atoms with E-state index in [1.165, 1.54) is 6.08 Å². The number of rotatable bonds is 8. The van der Waals surface area contributed by atoms with Crippen LogP contribution in [-0.4, -0.2) is 47.0 Å². The molecule has 2 amide bonds. The van der Waals surface area contributed by atoms with Gasteiger partial charge in [0.2, 0.25) is 11.8 Å². The molecule has 1 unspecified atom stereocenters. The summed E-state index contributed by atoms with van der Waals surface area (Å²) in [4.78, 5) is 26.9. The van der Waals surface area contributed by atoms with Crippen LogP contribution in [-0.2, 0) is 9.59 Å². The van der Waals surface area contributed by atoms with Crippen LogP contribution in [0, 0.1) is 0 Å². The molecule has 2 N–H and O–H groups in total. The van der Waals surface area contributed by atoms with Gasteiger partial charge in [-0.3, -0.25) is 9.59 Å². The van der Waals surface area contributed by atoms with Crippen molar-refractivity contribution in [3.8, 4) is 11.1 Å². The Bertz CT molecular complexity index is 1320. The van der Waals surface area contributed by atoms with E-state index in [0.717, 1.165) is 27.9 Å². The van der Waals surface area contributed by atoms with Crippen LogP contribution in [0.2, 0.25) is 0 Å². The predicted molar refractivity (Wildman–Crippen MR) is 140 cm³/mol. The number of pyridine rings is 1. The summed E-state index contributed by atoms with van der Waals surface area (Å²) in [5.41, 5.74) is 4.55. The van der Waals surface area contributed by atoms with Crippen molar-refractivity contribution < 1.29 is 9.59 Å². The van der Waals surface area contributed by atoms with Gasteiger partial charge in [0.1, 0.15) is 0 Å². The van der Waals surface area contributed by atoms with Crippen molar-refractivity contribution in [3.05, 3.63) is 96.7 Å². The van der Waals surface area contributed by atoms with Gasteiger partial charge in [0, 0.05) is 30.6 Å². The Morgan fingerprint density at radius 3 is 2.51 bits per heavy atom. The molecule has 35 heavy (non-hydrogen) atoms. The molecule has 0 bridgehead atoms. The molecule has 4 rings (SSSR count). The van der Waals surface area contributed by atoms with E-state index in [1.54, 1.807) is 4.52 Å². The molecule has 0 aliphatic carbocycles. The fraction of sp³-hybridized carbons (Fsp3) is 0.179. The van der Waals surface area contributed by atoms with E-state index in [9.17, 15) is 9.59 Å². The Morgan fingerprint density at radius 2 is 1.77 bits per heavy atom. The van der Waals surface area contributed by atoms with Crippen LogP contribution in [0.3, 0.4) is 0 Å². The highest BCUT2D eigenvalue weighted by Crippen LogP contribution is 2.26. The van der Waals surface area contributed by atoms with Gasteiger partial charge in [-0.25, -0.2) is 4.52 Å². The Labute approximate surface area is 205 Å². The van der Waals surface area contributed by atoms with Crippen LogP contribution in [0.25, 0.3) is 16.6 Å². The number of hydrogen-bond acceptors (Lipinski definition) is 4. The molecule has 0 saturated carbocycles. The third kappa shape index (κ3) is 6.22. The van der Waals surface area contributed by atoms with Crippen LogP contribution in [0.1, 0.15) is 18.4 Å². The minimum atomic E-state index is -0.354. The highest BCUT2D eigenvalue weighted by Gasteiger charge is 2.17. The van der Waals surface area contributed by atoms with E-state index >= 15 is 0 Å². The fourth-order valence-corrected chi connectivity index (χ4v) is 3.67. The largest absolute Gasteiger partial charge is 0.323 e. The van der Waals surface area contributed by atoms with Gasteiger partial charge in [-0.1, -0.05) is 48.5 Å². The zero-order valence-corrected chi connectivity index (χ0v) is 20.1. The maximum atomic E-state index is 12.9. The number of fused-ring (bicyclic) bond motifs is 1. The summed E-state index contributed by atoms with van der Waals surface area (Å²) in [5.74, 6) is -0.108. The molecule has 2 heterocycles. The molecule has 7 nitrogen and oxygen atoms in total. The molecule has 4 aromatic rings. The molecule has 0 fully saturated rings. The summed E-state index contributed by atoms with van der Waals surface area (Å²) in [6.07, 6.45) is 5.20. The molecule has 2 aromatic carbocycles. The number of nitrogens with zero attached hydrogens (tertiary/aromatic N) is 3. The average Bonchev–Trinajstić information content (AvgIpc) is 3.26. The first-order chi connectivity index (χ1) is 16.9. The maximum absolute atomic E-state index is 12.9. The second kappa shape index (κ2) is 10.8. The third-order valence-corrected chi connectivity index (χ3v) is 5.63. The third-order valence-electron chi connectivity index (χ3n) is 5.63. The molecule has 7 heteroatoms. The van der Waals surface area contributed by atoms with Crippen molar-refractivity contribution in [2.45, 2.75) is 12.8 Å². The zero-order chi connectivity index (χ0) is 24.8. The van der Waals surface area contributed by atoms with Gasteiger partial charge in [-0.15, -0.1) is 0 Å². The van der Waals surface area contributed by atoms with Gasteiger partial charge in [-0.05, 0) is 62.0 Å². The van der Waals surface area contributed by atoms with E-state index in [-0.39, 0.29) is 17.7 Å². The maximum Gasteiger partial charge on any atom is 0.248 e. The monoisotopic (exact) mass is 467 g/mol. The number of aromatic nitrogens is 2. The van der Waals surface area contributed by atoms with Gasteiger partial charge in [0.15, 0.2) is 5.82 Å². The van der Waals surface area contributed by atoms with Crippen LogP contribution < -0.4 is 10.6 Å². The Morgan fingerprint density at radius 1 is 0.971 bits per heavy atom. The van der Waals surface area contributed by atoms with Crippen molar-refractivity contribution in [2.24, 2.45) is 0 Å². The predicted octanol–water partition coefficient (Wildman–Crippen LogP) is 4.80. The first-order valence-electron chi connectivity index (χ1n) is 11.5. The number of benzene rings is 2. The summed E-state index contributed by atoms with van der Waals surface area (Å²) in [5, 5.41) is 10.2. The van der Waals surface area contributed by atoms with Gasteiger partial charge in [0.25, 0.3) is 0 Å². The molecule has 0 saturated heterocycles. The lowest BCUT2D eigenvalue weighted by molar-refractivity contribution is -0.117. The van der Waals surface area contributed by atoms with Gasteiger partial charge < -0.3 is 15.5 Å². The van der Waals surface area contributed by atoms with E-state index in [1.807, 2.05) is 111 Å². The molecule has 0 aliphatic heterocycles. The molecule has 0 spiro atoms. The van der Waals surface area contributed by atoms with Crippen molar-refractivity contribution >= 4 is 28.8 Å². The normalized spacial score (nSPS) is 12.2. The number of anilines is 2. The van der Waals surface area contributed by atoms with Crippen molar-refractivity contribution in [1.82, 2.24) is 14.5 Å². The second-order valence-electron chi connectivity index (χ2n) is 8.67. The summed E-state index contributed by atoms with van der Waals surface area (Å²) >= 11 is 0.